The van der Waals surface area contributed by atoms with E-state index in [0.29, 0.717) is 17.8 Å². The molecule has 1 aromatic heterocycles. The molecule has 3 aromatic carbocycles. The van der Waals surface area contributed by atoms with Gasteiger partial charge in [-0.1, -0.05) is 76.0 Å². The molecule has 5 atom stereocenters. The molecule has 44 heavy (non-hydrogen) atoms. The number of rotatable bonds is 3. The van der Waals surface area contributed by atoms with E-state index in [2.05, 4.69) is 111 Å². The molecule has 1 spiro atoms. The van der Waals surface area contributed by atoms with Crippen molar-refractivity contribution in [1.29, 1.82) is 0 Å². The molecule has 11 rings (SSSR count). The van der Waals surface area contributed by atoms with E-state index in [1.807, 2.05) is 0 Å². The highest BCUT2D eigenvalue weighted by molar-refractivity contribution is 6.84. The molecule has 0 N–H and O–H groups in total. The zero-order valence-corrected chi connectivity index (χ0v) is 27.0. The standard InChI is InChI=1S/C40H36N2OSi/c1-20(2)24-16-33-25-15-26-23-8-6-7-9-34(23)43-35(26)17-27(25)39(42(33)19-36(24)44(3,4)5)29-18-40-30-12-21-10-22-13-31(28(11-21)37(30)40)41-32(14-22)38(29)40/h6-9,11-12,14-20,22,33,38-39H,10,13H2,1-5H3. The monoisotopic (exact) mass is 588 g/mol. The summed E-state index contributed by atoms with van der Waals surface area (Å²) < 4.78 is 6.52. The third-order valence-electron chi connectivity index (χ3n) is 11.9. The lowest BCUT2D eigenvalue weighted by atomic mass is 9.63. The van der Waals surface area contributed by atoms with E-state index in [9.17, 15) is 0 Å². The van der Waals surface area contributed by atoms with E-state index in [0.717, 1.165) is 24.0 Å². The van der Waals surface area contributed by atoms with Crippen LogP contribution in [0.5, 0.6) is 0 Å². The van der Waals surface area contributed by atoms with Crippen LogP contribution in [0.25, 0.3) is 21.9 Å². The van der Waals surface area contributed by atoms with Gasteiger partial charge in [-0.25, -0.2) is 0 Å². The Morgan fingerprint density at radius 2 is 1.82 bits per heavy atom. The van der Waals surface area contributed by atoms with Crippen LogP contribution in [0, 0.1) is 17.8 Å². The van der Waals surface area contributed by atoms with Crippen molar-refractivity contribution in [2.45, 2.75) is 63.8 Å². The normalized spacial score (nSPS) is 29.8. The molecule has 5 heterocycles. The van der Waals surface area contributed by atoms with Crippen molar-refractivity contribution >= 4 is 35.7 Å². The van der Waals surface area contributed by atoms with Crippen LogP contribution in [0.1, 0.15) is 65.7 Å². The van der Waals surface area contributed by atoms with Gasteiger partial charge >= 0.3 is 0 Å². The average Bonchev–Trinajstić information content (AvgIpc) is 3.41. The van der Waals surface area contributed by atoms with Gasteiger partial charge in [0.2, 0.25) is 0 Å². The quantitative estimate of drug-likeness (QED) is 0.176. The number of hydrogen-bond donors (Lipinski definition) is 0. The Labute approximate surface area is 259 Å². The number of fused-ring (bicyclic) bond motifs is 10. The van der Waals surface area contributed by atoms with Crippen molar-refractivity contribution in [3.8, 4) is 0 Å². The fourth-order valence-corrected chi connectivity index (χ4v) is 11.8. The van der Waals surface area contributed by atoms with Crippen LogP contribution in [-0.2, 0) is 11.8 Å². The Hall–Kier alpha value is -3.89. The zero-order valence-electron chi connectivity index (χ0n) is 26.0. The minimum Gasteiger partial charge on any atom is -0.456 e. The summed E-state index contributed by atoms with van der Waals surface area (Å²) in [6.45, 7) is 12.3. The number of allylic oxidation sites excluding steroid dienone is 5. The van der Waals surface area contributed by atoms with Gasteiger partial charge in [0.15, 0.2) is 0 Å². The lowest BCUT2D eigenvalue weighted by Crippen LogP contribution is -2.40. The molecule has 4 aliphatic heterocycles. The summed E-state index contributed by atoms with van der Waals surface area (Å²) in [4.78, 5) is 8.17. The van der Waals surface area contributed by atoms with Crippen molar-refractivity contribution in [2.75, 3.05) is 0 Å². The first kappa shape index (κ1) is 24.4. The van der Waals surface area contributed by atoms with Gasteiger partial charge in [0.1, 0.15) is 11.2 Å². The van der Waals surface area contributed by atoms with E-state index in [-0.39, 0.29) is 17.5 Å². The van der Waals surface area contributed by atoms with Crippen molar-refractivity contribution in [2.24, 2.45) is 22.7 Å². The molecule has 3 aliphatic carbocycles. The highest BCUT2D eigenvalue weighted by Gasteiger charge is 2.67. The molecule has 4 heteroatoms. The Bertz CT molecular complexity index is 2230. The number of para-hydroxylation sites is 1. The molecule has 5 unspecified atom stereocenters. The number of benzene rings is 3. The summed E-state index contributed by atoms with van der Waals surface area (Å²) in [6, 6.07) is 18.8. The highest BCUT2D eigenvalue weighted by Crippen LogP contribution is 2.73. The van der Waals surface area contributed by atoms with Crippen LogP contribution in [0.3, 0.4) is 0 Å². The number of furan rings is 1. The summed E-state index contributed by atoms with van der Waals surface area (Å²) in [7, 11) is -1.61. The Kier molecular flexibility index (Phi) is 4.16. The average molecular weight is 589 g/mol. The summed E-state index contributed by atoms with van der Waals surface area (Å²) in [5.74, 6) is 1.39. The molecule has 5 bridgehead atoms. The first-order valence-corrected chi connectivity index (χ1v) is 20.1. The minimum absolute atomic E-state index is 0.0565. The fourth-order valence-electron chi connectivity index (χ4n) is 10.0. The maximum atomic E-state index is 6.52. The summed E-state index contributed by atoms with van der Waals surface area (Å²) in [5.41, 5.74) is 16.8. The minimum atomic E-state index is -1.61. The second kappa shape index (κ2) is 7.48. The Morgan fingerprint density at radius 1 is 0.955 bits per heavy atom. The smallest absolute Gasteiger partial charge is 0.135 e. The number of aliphatic imine (C=N–C) groups is 1. The van der Waals surface area contributed by atoms with Crippen molar-refractivity contribution < 1.29 is 4.42 Å². The molecule has 0 saturated heterocycles. The zero-order chi connectivity index (χ0) is 29.4. The molecular weight excluding hydrogens is 553 g/mol. The predicted octanol–water partition coefficient (Wildman–Crippen LogP) is 9.46. The van der Waals surface area contributed by atoms with E-state index in [1.54, 1.807) is 27.5 Å². The Morgan fingerprint density at radius 3 is 2.66 bits per heavy atom. The lowest BCUT2D eigenvalue weighted by molar-refractivity contribution is 0.266. The van der Waals surface area contributed by atoms with Crippen molar-refractivity contribution in [3.63, 3.8) is 0 Å². The van der Waals surface area contributed by atoms with Crippen LogP contribution in [0.2, 0.25) is 19.6 Å². The lowest BCUT2D eigenvalue weighted by Gasteiger charge is -2.45. The van der Waals surface area contributed by atoms with Gasteiger partial charge in [0.05, 0.1) is 25.6 Å². The predicted molar refractivity (Wildman–Crippen MR) is 181 cm³/mol. The maximum absolute atomic E-state index is 6.52. The van der Waals surface area contributed by atoms with E-state index in [4.69, 9.17) is 9.41 Å². The summed E-state index contributed by atoms with van der Waals surface area (Å²) in [6.07, 6.45) is 12.7. The Balaban J connectivity index is 1.16. The SMILES string of the molecule is CC(C)C1=CC2c3cc4c(cc3C(C3=CC56c7cc8cc(c75)C5=NC(=CC(C5)C8)C36)N2C=C1[Si](C)(C)C)oc1ccccc14. The summed E-state index contributed by atoms with van der Waals surface area (Å²) in [5, 5.41) is 4.05. The molecule has 0 radical (unpaired) electrons. The van der Waals surface area contributed by atoms with Gasteiger partial charge in [-0.15, -0.1) is 0 Å². The van der Waals surface area contributed by atoms with E-state index in [1.165, 1.54) is 44.4 Å². The highest BCUT2D eigenvalue weighted by atomic mass is 28.3. The van der Waals surface area contributed by atoms with Gasteiger partial charge in [-0.05, 0) is 93.1 Å². The fraction of sp³-hybridized carbons (Fsp3) is 0.325. The van der Waals surface area contributed by atoms with Gasteiger partial charge < -0.3 is 9.32 Å². The summed E-state index contributed by atoms with van der Waals surface area (Å²) >= 11 is 0. The second-order valence-electron chi connectivity index (χ2n) is 15.8. The number of nitrogens with zero attached hydrogens (tertiary/aromatic N) is 2. The third-order valence-corrected chi connectivity index (χ3v) is 13.9. The first-order chi connectivity index (χ1) is 21.2. The largest absolute Gasteiger partial charge is 0.456 e. The van der Waals surface area contributed by atoms with E-state index < -0.39 is 8.07 Å². The van der Waals surface area contributed by atoms with Gasteiger partial charge in [0, 0.05) is 39.9 Å². The van der Waals surface area contributed by atoms with Crippen LogP contribution >= 0.6 is 0 Å². The number of hydrogen-bond acceptors (Lipinski definition) is 3. The van der Waals surface area contributed by atoms with Crippen molar-refractivity contribution in [1.82, 2.24) is 4.90 Å². The van der Waals surface area contributed by atoms with Crippen LogP contribution in [-0.4, -0.2) is 18.7 Å². The molecule has 3 nitrogen and oxygen atoms in total. The molecule has 216 valence electrons. The van der Waals surface area contributed by atoms with Crippen LogP contribution < -0.4 is 0 Å². The first-order valence-electron chi connectivity index (χ1n) is 16.6. The topological polar surface area (TPSA) is 28.7 Å². The molecule has 7 aliphatic rings. The maximum Gasteiger partial charge on any atom is 0.135 e. The second-order valence-corrected chi connectivity index (χ2v) is 20.8. The molecule has 0 amide bonds. The molecular formula is C40H36N2OSi. The van der Waals surface area contributed by atoms with Crippen LogP contribution in [0.15, 0.2) is 104 Å². The van der Waals surface area contributed by atoms with Crippen molar-refractivity contribution in [3.05, 3.63) is 128 Å². The van der Waals surface area contributed by atoms with Gasteiger partial charge in [0.25, 0.3) is 0 Å². The van der Waals surface area contributed by atoms with Gasteiger partial charge in [-0.3, -0.25) is 4.99 Å². The van der Waals surface area contributed by atoms with Gasteiger partial charge in [-0.2, -0.15) is 0 Å². The molecule has 0 saturated carbocycles. The third kappa shape index (κ3) is 2.75. The molecule has 4 aromatic rings. The van der Waals surface area contributed by atoms with E-state index >= 15 is 0 Å². The molecule has 0 fully saturated rings. The van der Waals surface area contributed by atoms with Crippen LogP contribution in [0.4, 0.5) is 0 Å².